The van der Waals surface area contributed by atoms with Crippen LogP contribution in [0.25, 0.3) is 0 Å². The van der Waals surface area contributed by atoms with Gasteiger partial charge in [0.2, 0.25) is 0 Å². The number of benzene rings is 1. The molecular weight excluding hydrogens is 464 g/mol. The van der Waals surface area contributed by atoms with Crippen LogP contribution in [0, 0.1) is 5.82 Å². The Hall–Kier alpha value is -1.58. The second-order valence-electron chi connectivity index (χ2n) is 5.79. The van der Waals surface area contributed by atoms with Crippen LogP contribution in [0.2, 0.25) is 0 Å². The summed E-state index contributed by atoms with van der Waals surface area (Å²) >= 11 is 0. The van der Waals surface area contributed by atoms with Gasteiger partial charge in [0.1, 0.15) is 17.7 Å². The van der Waals surface area contributed by atoms with E-state index >= 15 is 0 Å². The molecule has 0 aromatic heterocycles. The second kappa shape index (κ2) is 15.5. The third-order valence-electron chi connectivity index (χ3n) is 3.68. The summed E-state index contributed by atoms with van der Waals surface area (Å²) in [4.78, 5) is 15.6. The SMILES string of the molecule is CCNC(=NCC(CC)Oc1cccc(F)c1)NCCCCC(=O)OC.I. The van der Waals surface area contributed by atoms with Crippen LogP contribution in [-0.2, 0) is 9.53 Å². The van der Waals surface area contributed by atoms with Crippen LogP contribution >= 0.6 is 24.0 Å². The Labute approximate surface area is 178 Å². The predicted molar refractivity (Wildman–Crippen MR) is 116 cm³/mol. The van der Waals surface area contributed by atoms with Crippen molar-refractivity contribution in [1.29, 1.82) is 0 Å². The van der Waals surface area contributed by atoms with E-state index in [9.17, 15) is 9.18 Å². The Balaban J connectivity index is 0.00000676. The lowest BCUT2D eigenvalue weighted by Crippen LogP contribution is -2.38. The van der Waals surface area contributed by atoms with E-state index in [4.69, 9.17) is 4.74 Å². The lowest BCUT2D eigenvalue weighted by Gasteiger charge is -2.17. The summed E-state index contributed by atoms with van der Waals surface area (Å²) in [5.74, 6) is 0.702. The molecule has 1 rings (SSSR count). The topological polar surface area (TPSA) is 72.0 Å². The minimum absolute atomic E-state index is 0. The molecule has 0 aliphatic carbocycles. The number of methoxy groups -OCH3 is 1. The van der Waals surface area contributed by atoms with Crippen LogP contribution in [0.3, 0.4) is 0 Å². The van der Waals surface area contributed by atoms with Gasteiger partial charge in [-0.25, -0.2) is 9.38 Å². The Morgan fingerprint density at radius 2 is 2.04 bits per heavy atom. The molecule has 1 atom stereocenters. The van der Waals surface area contributed by atoms with E-state index in [1.165, 1.54) is 19.2 Å². The van der Waals surface area contributed by atoms with Crippen LogP contribution in [0.15, 0.2) is 29.3 Å². The van der Waals surface area contributed by atoms with E-state index in [0.29, 0.717) is 31.2 Å². The van der Waals surface area contributed by atoms with Gasteiger partial charge in [-0.2, -0.15) is 0 Å². The van der Waals surface area contributed by atoms with Crippen molar-refractivity contribution < 1.29 is 18.7 Å². The maximum Gasteiger partial charge on any atom is 0.305 e. The number of halogens is 2. The van der Waals surface area contributed by atoms with E-state index in [-0.39, 0.29) is 41.9 Å². The molecule has 1 unspecified atom stereocenters. The van der Waals surface area contributed by atoms with Crippen LogP contribution in [0.4, 0.5) is 4.39 Å². The molecular formula is C19H31FIN3O3. The molecule has 1 aromatic carbocycles. The van der Waals surface area contributed by atoms with Gasteiger partial charge in [-0.3, -0.25) is 4.79 Å². The maximum absolute atomic E-state index is 13.3. The molecule has 0 radical (unpaired) electrons. The predicted octanol–water partition coefficient (Wildman–Crippen LogP) is 3.50. The first kappa shape index (κ1) is 25.4. The van der Waals surface area contributed by atoms with Crippen LogP contribution in [-0.4, -0.2) is 44.8 Å². The summed E-state index contributed by atoms with van der Waals surface area (Å²) in [5, 5.41) is 6.41. The number of guanidine groups is 1. The number of esters is 1. The molecule has 27 heavy (non-hydrogen) atoms. The smallest absolute Gasteiger partial charge is 0.305 e. The Bertz CT molecular complexity index is 573. The van der Waals surface area contributed by atoms with Crippen molar-refractivity contribution in [3.05, 3.63) is 30.1 Å². The largest absolute Gasteiger partial charge is 0.488 e. The van der Waals surface area contributed by atoms with Gasteiger partial charge < -0.3 is 20.1 Å². The number of carbonyl (C=O) groups excluding carboxylic acids is 1. The molecule has 0 spiro atoms. The number of nitrogens with one attached hydrogen (secondary N) is 2. The van der Waals surface area contributed by atoms with Crippen molar-refractivity contribution in [1.82, 2.24) is 10.6 Å². The number of nitrogens with zero attached hydrogens (tertiary/aromatic N) is 1. The number of ether oxygens (including phenoxy) is 2. The number of aliphatic imine (C=N–C) groups is 1. The first-order valence-electron chi connectivity index (χ1n) is 9.10. The van der Waals surface area contributed by atoms with Gasteiger partial charge in [-0.1, -0.05) is 13.0 Å². The number of carbonyl (C=O) groups is 1. The fourth-order valence-electron chi connectivity index (χ4n) is 2.22. The van der Waals surface area contributed by atoms with E-state index in [1.807, 2.05) is 13.8 Å². The van der Waals surface area contributed by atoms with Crippen molar-refractivity contribution in [2.75, 3.05) is 26.7 Å². The summed E-state index contributed by atoms with van der Waals surface area (Å²) in [7, 11) is 1.40. The van der Waals surface area contributed by atoms with Gasteiger partial charge in [-0.05, 0) is 38.3 Å². The zero-order valence-electron chi connectivity index (χ0n) is 16.3. The van der Waals surface area contributed by atoms with Gasteiger partial charge >= 0.3 is 5.97 Å². The Kier molecular flexibility index (Phi) is 14.6. The Morgan fingerprint density at radius 3 is 2.67 bits per heavy atom. The summed E-state index contributed by atoms with van der Waals surface area (Å²) in [6.45, 7) is 5.92. The highest BCUT2D eigenvalue weighted by molar-refractivity contribution is 14.0. The minimum atomic E-state index is -0.317. The molecule has 154 valence electrons. The maximum atomic E-state index is 13.3. The molecule has 1 aromatic rings. The van der Waals surface area contributed by atoms with Gasteiger partial charge in [-0.15, -0.1) is 24.0 Å². The molecule has 0 heterocycles. The summed E-state index contributed by atoms with van der Waals surface area (Å²) in [5.41, 5.74) is 0. The fraction of sp³-hybridized carbons (Fsp3) is 0.579. The molecule has 0 saturated carbocycles. The van der Waals surface area contributed by atoms with Gasteiger partial charge in [0.15, 0.2) is 5.96 Å². The average Bonchev–Trinajstić information content (AvgIpc) is 2.64. The van der Waals surface area contributed by atoms with Crippen LogP contribution in [0.1, 0.15) is 39.5 Å². The molecule has 0 saturated heterocycles. The number of hydrogen-bond donors (Lipinski definition) is 2. The summed E-state index contributed by atoms with van der Waals surface area (Å²) in [6, 6.07) is 6.12. The molecule has 8 heteroatoms. The quantitative estimate of drug-likeness (QED) is 0.162. The minimum Gasteiger partial charge on any atom is -0.488 e. The highest BCUT2D eigenvalue weighted by Crippen LogP contribution is 2.15. The highest BCUT2D eigenvalue weighted by Gasteiger charge is 2.09. The zero-order chi connectivity index (χ0) is 19.2. The Morgan fingerprint density at radius 1 is 1.26 bits per heavy atom. The molecule has 6 nitrogen and oxygen atoms in total. The molecule has 0 fully saturated rings. The van der Waals surface area contributed by atoms with Gasteiger partial charge in [0.05, 0.1) is 13.7 Å². The highest BCUT2D eigenvalue weighted by atomic mass is 127. The summed E-state index contributed by atoms with van der Waals surface area (Å²) < 4.78 is 23.7. The average molecular weight is 495 g/mol. The number of rotatable bonds is 11. The van der Waals surface area contributed by atoms with Crippen molar-refractivity contribution >= 4 is 35.9 Å². The zero-order valence-corrected chi connectivity index (χ0v) is 18.6. The van der Waals surface area contributed by atoms with E-state index in [2.05, 4.69) is 20.4 Å². The van der Waals surface area contributed by atoms with Crippen molar-refractivity contribution in [3.63, 3.8) is 0 Å². The molecule has 0 amide bonds. The molecule has 2 N–H and O–H groups in total. The first-order chi connectivity index (χ1) is 12.6. The third-order valence-corrected chi connectivity index (χ3v) is 3.68. The van der Waals surface area contributed by atoms with Crippen molar-refractivity contribution in [2.24, 2.45) is 4.99 Å². The molecule has 0 aliphatic rings. The van der Waals surface area contributed by atoms with Gasteiger partial charge in [0, 0.05) is 25.6 Å². The van der Waals surface area contributed by atoms with E-state index in [0.717, 1.165) is 25.8 Å². The van der Waals surface area contributed by atoms with Crippen molar-refractivity contribution in [2.45, 2.75) is 45.6 Å². The fourth-order valence-corrected chi connectivity index (χ4v) is 2.22. The monoisotopic (exact) mass is 495 g/mol. The molecule has 0 bridgehead atoms. The van der Waals surface area contributed by atoms with E-state index in [1.54, 1.807) is 12.1 Å². The first-order valence-corrected chi connectivity index (χ1v) is 9.10. The lowest BCUT2D eigenvalue weighted by atomic mass is 10.2. The van der Waals surface area contributed by atoms with Crippen LogP contribution < -0.4 is 15.4 Å². The standard InChI is InChI=1S/C19H30FN3O3.HI/c1-4-16(26-17-10-8-9-15(20)13-17)14-23-19(21-5-2)22-12-7-6-11-18(24)25-3;/h8-10,13,16H,4-7,11-12,14H2,1-3H3,(H2,21,22,23);1H. The van der Waals surface area contributed by atoms with Crippen molar-refractivity contribution in [3.8, 4) is 5.75 Å². The molecule has 0 aliphatic heterocycles. The third kappa shape index (κ3) is 11.7. The summed E-state index contributed by atoms with van der Waals surface area (Å²) in [6.07, 6.45) is 2.66. The number of hydrogen-bond acceptors (Lipinski definition) is 4. The lowest BCUT2D eigenvalue weighted by molar-refractivity contribution is -0.140. The van der Waals surface area contributed by atoms with Gasteiger partial charge in [0.25, 0.3) is 0 Å². The van der Waals surface area contributed by atoms with E-state index < -0.39 is 0 Å². The second-order valence-corrected chi connectivity index (χ2v) is 5.79. The van der Waals surface area contributed by atoms with Crippen LogP contribution in [0.5, 0.6) is 5.75 Å². The normalized spacial score (nSPS) is 11.9. The number of unbranched alkanes of at least 4 members (excludes halogenated alkanes) is 1.